The van der Waals surface area contributed by atoms with Gasteiger partial charge in [-0.3, -0.25) is 0 Å². The van der Waals surface area contributed by atoms with E-state index in [0.29, 0.717) is 6.54 Å². The Kier molecular flexibility index (Phi) is 5.01. The Morgan fingerprint density at radius 3 is 2.82 bits per heavy atom. The van der Waals surface area contributed by atoms with Gasteiger partial charge in [-0.05, 0) is 30.0 Å². The van der Waals surface area contributed by atoms with Crippen molar-refractivity contribution in [2.24, 2.45) is 11.7 Å². The molecule has 0 aliphatic heterocycles. The summed E-state index contributed by atoms with van der Waals surface area (Å²) in [5, 5.41) is 0. The van der Waals surface area contributed by atoms with Gasteiger partial charge in [0.1, 0.15) is 0 Å². The topological polar surface area (TPSA) is 35.2 Å². The minimum Gasteiger partial charge on any atom is -0.372 e. The molecule has 1 unspecified atom stereocenters. The van der Waals surface area contributed by atoms with Crippen LogP contribution in [0.25, 0.3) is 0 Å². The van der Waals surface area contributed by atoms with E-state index in [1.165, 1.54) is 25.7 Å². The highest BCUT2D eigenvalue weighted by atomic mass is 79.9. The summed E-state index contributed by atoms with van der Waals surface area (Å²) in [6.07, 6.45) is 5.38. The van der Waals surface area contributed by atoms with E-state index in [4.69, 9.17) is 10.5 Å². The van der Waals surface area contributed by atoms with E-state index in [2.05, 4.69) is 28.1 Å². The lowest BCUT2D eigenvalue weighted by atomic mass is 9.83. The van der Waals surface area contributed by atoms with Crippen LogP contribution in [0.2, 0.25) is 0 Å². The predicted octanol–water partition coefficient (Wildman–Crippen LogP) is 3.66. The molecule has 0 saturated heterocycles. The maximum Gasteiger partial charge on any atom is 0.0947 e. The first-order valence-electron chi connectivity index (χ1n) is 6.36. The maximum atomic E-state index is 5.89. The van der Waals surface area contributed by atoms with E-state index in [1.54, 1.807) is 0 Å². The van der Waals surface area contributed by atoms with Crippen LogP contribution in [0, 0.1) is 5.92 Å². The highest BCUT2D eigenvalue weighted by Crippen LogP contribution is 2.30. The molecule has 1 aliphatic rings. The Labute approximate surface area is 112 Å². The molecule has 3 heteroatoms. The third-order valence-electron chi connectivity index (χ3n) is 3.50. The molecule has 2 rings (SSSR count). The molecule has 17 heavy (non-hydrogen) atoms. The zero-order valence-electron chi connectivity index (χ0n) is 10.1. The van der Waals surface area contributed by atoms with Crippen molar-refractivity contribution in [2.75, 3.05) is 13.2 Å². The summed E-state index contributed by atoms with van der Waals surface area (Å²) in [7, 11) is 0. The van der Waals surface area contributed by atoms with Gasteiger partial charge in [0.2, 0.25) is 0 Å². The van der Waals surface area contributed by atoms with Gasteiger partial charge < -0.3 is 10.5 Å². The van der Waals surface area contributed by atoms with E-state index in [1.807, 2.05) is 12.1 Å². The molecule has 1 fully saturated rings. The van der Waals surface area contributed by atoms with Crippen LogP contribution in [0.3, 0.4) is 0 Å². The normalized spacial score (nSPS) is 17.8. The predicted molar refractivity (Wildman–Crippen MR) is 73.8 cm³/mol. The maximum absolute atomic E-state index is 5.89. The van der Waals surface area contributed by atoms with Gasteiger partial charge in [0, 0.05) is 17.6 Å². The number of hydrogen-bond acceptors (Lipinski definition) is 2. The lowest BCUT2D eigenvalue weighted by Gasteiger charge is -2.26. The van der Waals surface area contributed by atoms with Gasteiger partial charge in [-0.2, -0.15) is 0 Å². The smallest absolute Gasteiger partial charge is 0.0947 e. The molecule has 1 atom stereocenters. The Bertz CT molecular complexity index is 352. The van der Waals surface area contributed by atoms with Gasteiger partial charge >= 0.3 is 0 Å². The molecule has 0 heterocycles. The summed E-state index contributed by atoms with van der Waals surface area (Å²) < 4.78 is 6.97. The standard InChI is InChI=1S/C14H20BrNO/c15-13-6-2-5-12(9-13)14(10-16)17-8-7-11-3-1-4-11/h2,5-6,9,11,14H,1,3-4,7-8,10,16H2. The quantitative estimate of drug-likeness (QED) is 0.870. The first-order valence-corrected chi connectivity index (χ1v) is 7.16. The van der Waals surface area contributed by atoms with E-state index in [0.717, 1.165) is 22.6 Å². The van der Waals surface area contributed by atoms with Crippen LogP contribution in [0.4, 0.5) is 0 Å². The van der Waals surface area contributed by atoms with E-state index >= 15 is 0 Å². The summed E-state index contributed by atoms with van der Waals surface area (Å²) in [5.41, 5.74) is 6.94. The number of rotatable bonds is 6. The van der Waals surface area contributed by atoms with Gasteiger partial charge in [0.25, 0.3) is 0 Å². The number of hydrogen-bond donors (Lipinski definition) is 1. The van der Waals surface area contributed by atoms with Gasteiger partial charge in [-0.1, -0.05) is 47.3 Å². The van der Waals surface area contributed by atoms with Crippen LogP contribution in [0.15, 0.2) is 28.7 Å². The van der Waals surface area contributed by atoms with Crippen molar-refractivity contribution < 1.29 is 4.74 Å². The summed E-state index contributed by atoms with van der Waals surface area (Å²) >= 11 is 3.47. The summed E-state index contributed by atoms with van der Waals surface area (Å²) in [6, 6.07) is 8.20. The van der Waals surface area contributed by atoms with Crippen LogP contribution in [0.1, 0.15) is 37.4 Å². The van der Waals surface area contributed by atoms with Crippen molar-refractivity contribution >= 4 is 15.9 Å². The van der Waals surface area contributed by atoms with Crippen molar-refractivity contribution in [3.63, 3.8) is 0 Å². The molecule has 0 amide bonds. The van der Waals surface area contributed by atoms with E-state index in [9.17, 15) is 0 Å². The minimum atomic E-state index is 0.0348. The fourth-order valence-electron chi connectivity index (χ4n) is 2.17. The highest BCUT2D eigenvalue weighted by molar-refractivity contribution is 9.10. The molecule has 1 saturated carbocycles. The zero-order valence-corrected chi connectivity index (χ0v) is 11.7. The van der Waals surface area contributed by atoms with Crippen molar-refractivity contribution in [2.45, 2.75) is 31.8 Å². The molecule has 2 N–H and O–H groups in total. The lowest BCUT2D eigenvalue weighted by Crippen LogP contribution is -2.19. The second-order valence-corrected chi connectivity index (χ2v) is 5.65. The van der Waals surface area contributed by atoms with Crippen molar-refractivity contribution in [1.82, 2.24) is 0 Å². The van der Waals surface area contributed by atoms with Crippen LogP contribution in [-0.2, 0) is 4.74 Å². The Balaban J connectivity index is 1.82. The summed E-state index contributed by atoms with van der Waals surface area (Å²) in [4.78, 5) is 0. The molecule has 0 bridgehead atoms. The number of benzene rings is 1. The van der Waals surface area contributed by atoms with Crippen LogP contribution < -0.4 is 5.73 Å². The largest absolute Gasteiger partial charge is 0.372 e. The Hall–Kier alpha value is -0.380. The average molecular weight is 298 g/mol. The van der Waals surface area contributed by atoms with Crippen molar-refractivity contribution in [3.05, 3.63) is 34.3 Å². The molecular weight excluding hydrogens is 278 g/mol. The molecule has 0 spiro atoms. The molecule has 1 aromatic rings. The van der Waals surface area contributed by atoms with Crippen molar-refractivity contribution in [3.8, 4) is 0 Å². The highest BCUT2D eigenvalue weighted by Gasteiger charge is 2.18. The molecular formula is C14H20BrNO. The van der Waals surface area contributed by atoms with Gasteiger partial charge in [0.15, 0.2) is 0 Å². The second-order valence-electron chi connectivity index (χ2n) is 4.74. The molecule has 94 valence electrons. The fraction of sp³-hybridized carbons (Fsp3) is 0.571. The first kappa shape index (κ1) is 13.1. The van der Waals surface area contributed by atoms with E-state index in [-0.39, 0.29) is 6.10 Å². The van der Waals surface area contributed by atoms with Gasteiger partial charge in [-0.25, -0.2) is 0 Å². The summed E-state index contributed by atoms with van der Waals surface area (Å²) in [5.74, 6) is 0.899. The average Bonchev–Trinajstić information content (AvgIpc) is 2.27. The Morgan fingerprint density at radius 2 is 2.24 bits per heavy atom. The van der Waals surface area contributed by atoms with Crippen molar-refractivity contribution in [1.29, 1.82) is 0 Å². The molecule has 1 aliphatic carbocycles. The third-order valence-corrected chi connectivity index (χ3v) is 4.00. The summed E-state index contributed by atoms with van der Waals surface area (Å²) in [6.45, 7) is 1.38. The Morgan fingerprint density at radius 1 is 1.41 bits per heavy atom. The number of halogens is 1. The van der Waals surface area contributed by atoms with Gasteiger partial charge in [-0.15, -0.1) is 0 Å². The van der Waals surface area contributed by atoms with Crippen LogP contribution in [-0.4, -0.2) is 13.2 Å². The van der Waals surface area contributed by atoms with Crippen LogP contribution >= 0.6 is 15.9 Å². The molecule has 1 aromatic carbocycles. The number of ether oxygens (including phenoxy) is 1. The SMILES string of the molecule is NCC(OCCC1CCC1)c1cccc(Br)c1. The zero-order chi connectivity index (χ0) is 12.1. The second kappa shape index (κ2) is 6.53. The molecule has 0 radical (unpaired) electrons. The lowest BCUT2D eigenvalue weighted by molar-refractivity contribution is 0.0423. The van der Waals surface area contributed by atoms with Gasteiger partial charge in [0.05, 0.1) is 6.10 Å². The monoisotopic (exact) mass is 297 g/mol. The van der Waals surface area contributed by atoms with E-state index < -0.39 is 0 Å². The minimum absolute atomic E-state index is 0.0348. The first-order chi connectivity index (χ1) is 8.29. The molecule has 2 nitrogen and oxygen atoms in total. The fourth-order valence-corrected chi connectivity index (χ4v) is 2.58. The molecule has 0 aromatic heterocycles. The third kappa shape index (κ3) is 3.80. The van der Waals surface area contributed by atoms with Crippen LogP contribution in [0.5, 0.6) is 0 Å². The number of nitrogens with two attached hydrogens (primary N) is 1.